The number of nitrogens with one attached hydrogen (secondary N) is 1. The second-order valence-electron chi connectivity index (χ2n) is 7.90. The van der Waals surface area contributed by atoms with Crippen LogP contribution in [0.25, 0.3) is 39.1 Å². The lowest BCUT2D eigenvalue weighted by Gasteiger charge is -2.18. The van der Waals surface area contributed by atoms with E-state index in [9.17, 15) is 5.11 Å². The van der Waals surface area contributed by atoms with Gasteiger partial charge in [0.25, 0.3) is 0 Å². The van der Waals surface area contributed by atoms with E-state index < -0.39 is 0 Å². The van der Waals surface area contributed by atoms with Gasteiger partial charge in [-0.05, 0) is 37.0 Å². The van der Waals surface area contributed by atoms with Gasteiger partial charge in [-0.15, -0.1) is 0 Å². The van der Waals surface area contributed by atoms with Crippen LogP contribution in [0.3, 0.4) is 0 Å². The Kier molecular flexibility index (Phi) is 5.34. The third-order valence-corrected chi connectivity index (χ3v) is 6.15. The van der Waals surface area contributed by atoms with Crippen molar-refractivity contribution in [3.05, 3.63) is 60.6 Å². The van der Waals surface area contributed by atoms with E-state index in [2.05, 4.69) is 34.2 Å². The van der Waals surface area contributed by atoms with Crippen molar-refractivity contribution in [1.82, 2.24) is 24.9 Å². The van der Waals surface area contributed by atoms with Crippen molar-refractivity contribution in [2.45, 2.75) is 32.6 Å². The first-order chi connectivity index (χ1) is 16.2. The lowest BCUT2D eigenvalue weighted by Crippen LogP contribution is -2.06. The molecule has 4 aromatic heterocycles. The number of pyridine rings is 1. The normalized spacial score (nSPS) is 11.5. The van der Waals surface area contributed by atoms with Crippen LogP contribution in [-0.4, -0.2) is 37.1 Å². The number of ether oxygens (including phenoxy) is 1. The lowest BCUT2D eigenvalue weighted by atomic mass is 9.95. The molecule has 0 aliphatic rings. The van der Waals surface area contributed by atoms with Gasteiger partial charge in [-0.2, -0.15) is 5.10 Å². The number of aromatic amines is 1. The highest BCUT2D eigenvalue weighted by molar-refractivity contribution is 5.99. The van der Waals surface area contributed by atoms with Crippen LogP contribution in [0.4, 0.5) is 0 Å². The molecule has 4 heterocycles. The number of fused-ring (bicyclic) bond motifs is 1. The van der Waals surface area contributed by atoms with E-state index in [-0.39, 0.29) is 11.8 Å². The molecule has 8 heteroatoms. The minimum absolute atomic E-state index is 0.140. The van der Waals surface area contributed by atoms with E-state index in [1.54, 1.807) is 19.6 Å². The molecule has 2 N–H and O–H groups in total. The predicted octanol–water partition coefficient (Wildman–Crippen LogP) is 5.69. The molecule has 0 aliphatic heterocycles. The van der Waals surface area contributed by atoms with E-state index >= 15 is 0 Å². The maximum Gasteiger partial charge on any atom is 0.222 e. The summed E-state index contributed by atoms with van der Waals surface area (Å²) in [5.41, 5.74) is 5.84. The Morgan fingerprint density at radius 1 is 1.06 bits per heavy atom. The summed E-state index contributed by atoms with van der Waals surface area (Å²) in [7, 11) is 1.59. The third kappa shape index (κ3) is 3.44. The quantitative estimate of drug-likeness (QED) is 0.335. The number of aromatic nitrogens is 5. The van der Waals surface area contributed by atoms with Gasteiger partial charge in [0, 0.05) is 40.8 Å². The average molecular weight is 444 g/mol. The minimum atomic E-state index is 0.140. The highest BCUT2D eigenvalue weighted by Gasteiger charge is 2.27. The van der Waals surface area contributed by atoms with Gasteiger partial charge in [0.2, 0.25) is 11.8 Å². The zero-order valence-electron chi connectivity index (χ0n) is 18.7. The number of methoxy groups -OCH3 is 1. The van der Waals surface area contributed by atoms with Crippen molar-refractivity contribution in [3.8, 4) is 40.0 Å². The number of nitrogens with zero attached hydrogens (tertiary/aromatic N) is 4. The maximum atomic E-state index is 11.3. The summed E-state index contributed by atoms with van der Waals surface area (Å²) in [6.45, 7) is 4.33. The number of H-pyrrole nitrogens is 1. The van der Waals surface area contributed by atoms with Crippen molar-refractivity contribution in [2.75, 3.05) is 7.11 Å². The minimum Gasteiger partial charge on any atom is -0.493 e. The van der Waals surface area contributed by atoms with Crippen LogP contribution in [0, 0.1) is 0 Å². The molecule has 0 spiro atoms. The van der Waals surface area contributed by atoms with Crippen LogP contribution in [0.15, 0.2) is 59.4 Å². The van der Waals surface area contributed by atoms with E-state index in [0.717, 1.165) is 52.1 Å². The van der Waals surface area contributed by atoms with Gasteiger partial charge in [-0.1, -0.05) is 31.1 Å². The summed E-state index contributed by atoms with van der Waals surface area (Å²) >= 11 is 0. The molecule has 0 unspecified atom stereocenters. The van der Waals surface area contributed by atoms with Crippen molar-refractivity contribution < 1.29 is 14.4 Å². The highest BCUT2D eigenvalue weighted by atomic mass is 16.5. The molecule has 33 heavy (non-hydrogen) atoms. The molecular formula is C25H25N5O3. The maximum absolute atomic E-state index is 11.3. The Hall–Kier alpha value is -4.07. The van der Waals surface area contributed by atoms with Crippen molar-refractivity contribution in [2.24, 2.45) is 0 Å². The molecule has 1 aromatic carbocycles. The molecular weight excluding hydrogens is 418 g/mol. The van der Waals surface area contributed by atoms with Crippen LogP contribution >= 0.6 is 0 Å². The van der Waals surface area contributed by atoms with Gasteiger partial charge in [0.05, 0.1) is 12.5 Å². The highest BCUT2D eigenvalue weighted by Crippen LogP contribution is 2.43. The van der Waals surface area contributed by atoms with Gasteiger partial charge in [0.15, 0.2) is 0 Å². The first kappa shape index (κ1) is 20.8. The molecule has 0 atom stereocenters. The van der Waals surface area contributed by atoms with Crippen LogP contribution in [0.1, 0.15) is 38.3 Å². The van der Waals surface area contributed by atoms with Crippen LogP contribution < -0.4 is 4.74 Å². The van der Waals surface area contributed by atoms with Gasteiger partial charge in [0.1, 0.15) is 23.2 Å². The number of benzene rings is 1. The van der Waals surface area contributed by atoms with Crippen LogP contribution in [-0.2, 0) is 0 Å². The fourth-order valence-electron chi connectivity index (χ4n) is 4.41. The van der Waals surface area contributed by atoms with Crippen molar-refractivity contribution in [1.29, 1.82) is 0 Å². The third-order valence-electron chi connectivity index (χ3n) is 6.15. The summed E-state index contributed by atoms with van der Waals surface area (Å²) in [6, 6.07) is 13.5. The molecule has 0 saturated carbocycles. The van der Waals surface area contributed by atoms with Gasteiger partial charge in [-0.3, -0.25) is 9.67 Å². The van der Waals surface area contributed by atoms with E-state index in [1.165, 1.54) is 0 Å². The van der Waals surface area contributed by atoms with Crippen molar-refractivity contribution >= 4 is 10.9 Å². The smallest absolute Gasteiger partial charge is 0.222 e. The second-order valence-corrected chi connectivity index (χ2v) is 7.90. The number of aromatic hydroxyl groups is 1. The summed E-state index contributed by atoms with van der Waals surface area (Å²) < 4.78 is 12.1. The van der Waals surface area contributed by atoms with E-state index in [0.29, 0.717) is 11.4 Å². The van der Waals surface area contributed by atoms with Crippen LogP contribution in [0.5, 0.6) is 11.8 Å². The second kappa shape index (κ2) is 8.46. The molecule has 5 aromatic rings. The fourth-order valence-corrected chi connectivity index (χ4v) is 4.41. The molecule has 0 fully saturated rings. The zero-order valence-corrected chi connectivity index (χ0v) is 18.7. The topological polar surface area (TPSA) is 102 Å². The molecule has 5 rings (SSSR count). The fraction of sp³-hybridized carbons (Fsp3) is 0.240. The largest absolute Gasteiger partial charge is 0.493 e. The van der Waals surface area contributed by atoms with Gasteiger partial charge in [-0.25, -0.2) is 4.98 Å². The van der Waals surface area contributed by atoms with E-state index in [4.69, 9.17) is 9.26 Å². The van der Waals surface area contributed by atoms with Gasteiger partial charge < -0.3 is 14.4 Å². The summed E-state index contributed by atoms with van der Waals surface area (Å²) in [6.07, 6.45) is 5.15. The Morgan fingerprint density at radius 3 is 2.42 bits per heavy atom. The Balaban J connectivity index is 1.71. The Morgan fingerprint density at radius 2 is 1.82 bits per heavy atom. The zero-order chi connectivity index (χ0) is 22.9. The number of hydrogen-bond donors (Lipinski definition) is 2. The number of hydrogen-bond acceptors (Lipinski definition) is 6. The van der Waals surface area contributed by atoms with Crippen molar-refractivity contribution in [3.63, 3.8) is 0 Å². The Labute approximate surface area is 190 Å². The Bertz CT molecular complexity index is 1360. The molecule has 0 bridgehead atoms. The predicted molar refractivity (Wildman–Crippen MR) is 126 cm³/mol. The number of rotatable bonds is 7. The SMILES string of the molecule is CCC(CC)c1c2c(-c3ccc(OC)nc3)n[nH]c2c(O)n1-c1ccc(-c2ccon2)cc1. The van der Waals surface area contributed by atoms with E-state index in [1.807, 2.05) is 47.0 Å². The van der Waals surface area contributed by atoms with Gasteiger partial charge >= 0.3 is 0 Å². The lowest BCUT2D eigenvalue weighted by molar-refractivity contribution is 0.398. The summed E-state index contributed by atoms with van der Waals surface area (Å²) in [5, 5.41) is 23.8. The summed E-state index contributed by atoms with van der Waals surface area (Å²) in [5.74, 6) is 0.908. The van der Waals surface area contributed by atoms with Crippen LogP contribution in [0.2, 0.25) is 0 Å². The molecule has 0 aliphatic carbocycles. The first-order valence-corrected chi connectivity index (χ1v) is 11.0. The monoisotopic (exact) mass is 443 g/mol. The average Bonchev–Trinajstić information content (AvgIpc) is 3.59. The molecule has 8 nitrogen and oxygen atoms in total. The molecule has 0 radical (unpaired) electrons. The molecule has 0 amide bonds. The molecule has 0 saturated heterocycles. The molecule has 168 valence electrons. The first-order valence-electron chi connectivity index (χ1n) is 11.0. The standard InChI is InChI=1S/C25H25N5O3/c1-4-15(5-2)24-21-22(17-8-11-20(32-3)26-14-17)27-28-23(21)25(31)30(24)18-9-6-16(7-10-18)19-12-13-33-29-19/h6-15,28,31H,4-5H2,1-3H3. The summed E-state index contributed by atoms with van der Waals surface area (Å²) in [4.78, 5) is 4.34.